The molecule has 2 rings (SSSR count). The number of hydrogen-bond acceptors (Lipinski definition) is 4. The molecule has 1 aliphatic heterocycles. The summed E-state index contributed by atoms with van der Waals surface area (Å²) in [7, 11) is -4.07. The second-order valence-electron chi connectivity index (χ2n) is 5.11. The van der Waals surface area contributed by atoms with Gasteiger partial charge in [0.25, 0.3) is 5.91 Å². The van der Waals surface area contributed by atoms with Crippen LogP contribution in [0.5, 0.6) is 0 Å². The summed E-state index contributed by atoms with van der Waals surface area (Å²) in [5.41, 5.74) is -0.0789. The molecule has 1 aliphatic rings. The zero-order valence-corrected chi connectivity index (χ0v) is 12.3. The molecule has 0 saturated carbocycles. The van der Waals surface area contributed by atoms with Crippen molar-refractivity contribution < 1.29 is 22.3 Å². The smallest absolute Gasteiger partial charge is 0.251 e. The van der Waals surface area contributed by atoms with E-state index in [-0.39, 0.29) is 17.5 Å². The molecule has 0 aromatic heterocycles. The maximum atomic E-state index is 13.4. The van der Waals surface area contributed by atoms with Crippen LogP contribution in [0.25, 0.3) is 0 Å². The molecule has 1 heterocycles. The maximum Gasteiger partial charge on any atom is 0.251 e. The minimum atomic E-state index is -4.07. The number of sulfonamides is 1. The first-order chi connectivity index (χ1) is 9.77. The van der Waals surface area contributed by atoms with Gasteiger partial charge in [0, 0.05) is 24.1 Å². The molecular weight excluding hydrogens is 299 g/mol. The van der Waals surface area contributed by atoms with Crippen LogP contribution in [-0.2, 0) is 14.8 Å². The third-order valence-electron chi connectivity index (χ3n) is 3.49. The molecule has 2 unspecified atom stereocenters. The summed E-state index contributed by atoms with van der Waals surface area (Å²) in [5, 5.41) is 7.68. The van der Waals surface area contributed by atoms with Crippen molar-refractivity contribution in [2.24, 2.45) is 11.1 Å². The Morgan fingerprint density at radius 3 is 2.76 bits per heavy atom. The van der Waals surface area contributed by atoms with E-state index >= 15 is 0 Å². The summed E-state index contributed by atoms with van der Waals surface area (Å²) in [5.74, 6) is -1.18. The molecule has 6 nitrogen and oxygen atoms in total. The van der Waals surface area contributed by atoms with Crippen LogP contribution >= 0.6 is 0 Å². The number of ether oxygens (including phenoxy) is 1. The number of hydrogen-bond donors (Lipinski definition) is 2. The van der Waals surface area contributed by atoms with Gasteiger partial charge in [-0.25, -0.2) is 17.9 Å². The highest BCUT2D eigenvalue weighted by Crippen LogP contribution is 2.18. The Balaban J connectivity index is 2.17. The standard InChI is InChI=1S/C13H17FN2O4S/c1-8(9-2-3-20-7-9)16-13(17)10-4-11(14)6-12(5-10)21(15,18)19/h4-6,8-9H,2-3,7H2,1H3,(H,16,17)(H2,15,18,19). The fraction of sp³-hybridized carbons (Fsp3) is 0.462. The first-order valence-corrected chi connectivity index (χ1v) is 8.04. The monoisotopic (exact) mass is 316 g/mol. The van der Waals surface area contributed by atoms with E-state index in [0.717, 1.165) is 24.6 Å². The molecule has 8 heteroatoms. The van der Waals surface area contributed by atoms with Crippen molar-refractivity contribution in [1.82, 2.24) is 5.32 Å². The highest BCUT2D eigenvalue weighted by atomic mass is 32.2. The fourth-order valence-corrected chi connectivity index (χ4v) is 2.78. The van der Waals surface area contributed by atoms with E-state index in [1.54, 1.807) is 0 Å². The molecule has 1 fully saturated rings. The molecule has 0 spiro atoms. The summed E-state index contributed by atoms with van der Waals surface area (Å²) >= 11 is 0. The van der Waals surface area contributed by atoms with E-state index in [4.69, 9.17) is 9.88 Å². The highest BCUT2D eigenvalue weighted by molar-refractivity contribution is 7.89. The number of nitrogens with one attached hydrogen (secondary N) is 1. The number of primary sulfonamides is 1. The van der Waals surface area contributed by atoms with Crippen LogP contribution in [0, 0.1) is 11.7 Å². The third kappa shape index (κ3) is 3.99. The molecular formula is C13H17FN2O4S. The lowest BCUT2D eigenvalue weighted by atomic mass is 10.0. The minimum absolute atomic E-state index is 0.0789. The summed E-state index contributed by atoms with van der Waals surface area (Å²) in [6.07, 6.45) is 0.840. The Kier molecular flexibility index (Phi) is 4.60. The molecule has 21 heavy (non-hydrogen) atoms. The van der Waals surface area contributed by atoms with E-state index in [9.17, 15) is 17.6 Å². The second-order valence-corrected chi connectivity index (χ2v) is 6.67. The van der Waals surface area contributed by atoms with Gasteiger partial charge in [-0.05, 0) is 31.5 Å². The van der Waals surface area contributed by atoms with Gasteiger partial charge in [0.1, 0.15) is 5.82 Å². The summed E-state index contributed by atoms with van der Waals surface area (Å²) < 4.78 is 41.2. The molecule has 1 aromatic rings. The molecule has 1 saturated heterocycles. The average molecular weight is 316 g/mol. The van der Waals surface area contributed by atoms with Crippen molar-refractivity contribution in [2.45, 2.75) is 24.3 Å². The first kappa shape index (κ1) is 15.9. The number of halogens is 1. The van der Waals surface area contributed by atoms with E-state index in [1.807, 2.05) is 6.92 Å². The van der Waals surface area contributed by atoms with Crippen LogP contribution in [0.3, 0.4) is 0 Å². The lowest BCUT2D eigenvalue weighted by Crippen LogP contribution is -2.38. The minimum Gasteiger partial charge on any atom is -0.381 e. The van der Waals surface area contributed by atoms with Crippen LogP contribution in [0.4, 0.5) is 4.39 Å². The maximum absolute atomic E-state index is 13.4. The zero-order chi connectivity index (χ0) is 15.6. The Morgan fingerprint density at radius 1 is 1.48 bits per heavy atom. The highest BCUT2D eigenvalue weighted by Gasteiger charge is 2.24. The number of amides is 1. The number of carbonyl (C=O) groups excluding carboxylic acids is 1. The molecule has 3 N–H and O–H groups in total. The van der Waals surface area contributed by atoms with Crippen molar-refractivity contribution >= 4 is 15.9 Å². The van der Waals surface area contributed by atoms with Crippen LogP contribution in [0.2, 0.25) is 0 Å². The van der Waals surface area contributed by atoms with Crippen LogP contribution in [0.1, 0.15) is 23.7 Å². The van der Waals surface area contributed by atoms with E-state index < -0.39 is 26.6 Å². The summed E-state index contributed by atoms with van der Waals surface area (Å²) in [4.78, 5) is 11.7. The van der Waals surface area contributed by atoms with Crippen molar-refractivity contribution in [3.63, 3.8) is 0 Å². The predicted molar refractivity (Wildman–Crippen MR) is 73.6 cm³/mol. The van der Waals surface area contributed by atoms with Gasteiger partial charge < -0.3 is 10.1 Å². The fourth-order valence-electron chi connectivity index (χ4n) is 2.21. The van der Waals surface area contributed by atoms with Crippen molar-refractivity contribution in [3.8, 4) is 0 Å². The molecule has 1 amide bonds. The summed E-state index contributed by atoms with van der Waals surface area (Å²) in [6, 6.07) is 2.66. The molecule has 0 radical (unpaired) electrons. The van der Waals surface area contributed by atoms with Crippen LogP contribution in [0.15, 0.2) is 23.1 Å². The Labute approximate surface area is 122 Å². The van der Waals surface area contributed by atoms with Gasteiger partial charge in [0.05, 0.1) is 11.5 Å². The van der Waals surface area contributed by atoms with Crippen molar-refractivity contribution in [2.75, 3.05) is 13.2 Å². The quantitative estimate of drug-likeness (QED) is 0.851. The molecule has 1 aromatic carbocycles. The van der Waals surface area contributed by atoms with Crippen molar-refractivity contribution in [1.29, 1.82) is 0 Å². The second kappa shape index (κ2) is 6.08. The normalized spacial score (nSPS) is 20.2. The molecule has 116 valence electrons. The Bertz CT molecular complexity index is 642. The van der Waals surface area contributed by atoms with Crippen LogP contribution < -0.4 is 10.5 Å². The number of benzene rings is 1. The van der Waals surface area contributed by atoms with Gasteiger partial charge in [-0.2, -0.15) is 0 Å². The Morgan fingerprint density at radius 2 is 2.19 bits per heavy atom. The predicted octanol–water partition coefficient (Wildman–Crippen LogP) is 0.628. The number of carbonyl (C=O) groups is 1. The van der Waals surface area contributed by atoms with Gasteiger partial charge in [0.15, 0.2) is 0 Å². The van der Waals surface area contributed by atoms with Gasteiger partial charge in [0.2, 0.25) is 10.0 Å². The zero-order valence-electron chi connectivity index (χ0n) is 11.5. The number of nitrogens with two attached hydrogens (primary N) is 1. The topological polar surface area (TPSA) is 98.5 Å². The molecule has 0 bridgehead atoms. The summed E-state index contributed by atoms with van der Waals surface area (Å²) in [6.45, 7) is 3.05. The third-order valence-corrected chi connectivity index (χ3v) is 4.39. The first-order valence-electron chi connectivity index (χ1n) is 6.49. The lowest BCUT2D eigenvalue weighted by molar-refractivity contribution is 0.0921. The van der Waals surface area contributed by atoms with Gasteiger partial charge in [-0.15, -0.1) is 0 Å². The van der Waals surface area contributed by atoms with E-state index in [2.05, 4.69) is 5.32 Å². The van der Waals surface area contributed by atoms with E-state index in [1.165, 1.54) is 0 Å². The average Bonchev–Trinajstić information content (AvgIpc) is 2.90. The molecule has 2 atom stereocenters. The van der Waals surface area contributed by atoms with E-state index in [0.29, 0.717) is 13.2 Å². The van der Waals surface area contributed by atoms with Crippen molar-refractivity contribution in [3.05, 3.63) is 29.6 Å². The SMILES string of the molecule is CC(NC(=O)c1cc(F)cc(S(N)(=O)=O)c1)C1CCOC1. The number of rotatable bonds is 4. The Hall–Kier alpha value is -1.51. The largest absolute Gasteiger partial charge is 0.381 e. The van der Waals surface area contributed by atoms with Crippen LogP contribution in [-0.4, -0.2) is 33.6 Å². The van der Waals surface area contributed by atoms with Gasteiger partial charge >= 0.3 is 0 Å². The van der Waals surface area contributed by atoms with Gasteiger partial charge in [-0.3, -0.25) is 4.79 Å². The lowest BCUT2D eigenvalue weighted by Gasteiger charge is -2.19. The molecule has 0 aliphatic carbocycles. The van der Waals surface area contributed by atoms with Gasteiger partial charge in [-0.1, -0.05) is 0 Å².